The zero-order chi connectivity index (χ0) is 18.8. The maximum Gasteiger partial charge on any atom is 0.341 e. The number of halogens is 1. The van der Waals surface area contributed by atoms with Crippen molar-refractivity contribution in [2.75, 3.05) is 12.0 Å². The Balaban J connectivity index is 1.75. The average Bonchev–Trinajstić information content (AvgIpc) is 2.96. The van der Waals surface area contributed by atoms with Crippen LogP contribution in [0.4, 0.5) is 10.1 Å². The highest BCUT2D eigenvalue weighted by molar-refractivity contribution is 6.01. The Hall–Kier alpha value is -2.89. The van der Waals surface area contributed by atoms with Crippen LogP contribution in [-0.4, -0.2) is 31.1 Å². The molecule has 0 aliphatic carbocycles. The fraction of sp³-hybridized carbons (Fsp3) is 0.300. The number of amides is 1. The SMILES string of the molecule is COc1ccc(C(=O)O[C@H](C)C(=O)N2c3ccccc3C[C@@H]2C)c(F)c1. The minimum atomic E-state index is -1.03. The quantitative estimate of drug-likeness (QED) is 0.788. The van der Waals surface area contributed by atoms with E-state index in [-0.39, 0.29) is 17.5 Å². The number of methoxy groups -OCH3 is 1. The van der Waals surface area contributed by atoms with Crippen molar-refractivity contribution in [2.24, 2.45) is 0 Å². The number of fused-ring (bicyclic) bond motifs is 1. The lowest BCUT2D eigenvalue weighted by atomic mass is 10.1. The molecule has 2 atom stereocenters. The third-order valence-corrected chi connectivity index (χ3v) is 4.47. The van der Waals surface area contributed by atoms with E-state index in [0.717, 1.165) is 23.7 Å². The molecule has 136 valence electrons. The number of hydrogen-bond donors (Lipinski definition) is 0. The van der Waals surface area contributed by atoms with Gasteiger partial charge in [-0.05, 0) is 44.0 Å². The summed E-state index contributed by atoms with van der Waals surface area (Å²) in [6, 6.07) is 11.4. The summed E-state index contributed by atoms with van der Waals surface area (Å²) in [4.78, 5) is 26.7. The number of anilines is 1. The van der Waals surface area contributed by atoms with E-state index in [9.17, 15) is 14.0 Å². The first kappa shape index (κ1) is 17.9. The molecule has 2 aromatic rings. The van der Waals surface area contributed by atoms with Gasteiger partial charge in [-0.1, -0.05) is 18.2 Å². The summed E-state index contributed by atoms with van der Waals surface area (Å²) in [5.74, 6) is -1.67. The fourth-order valence-corrected chi connectivity index (χ4v) is 3.16. The zero-order valence-electron chi connectivity index (χ0n) is 14.9. The van der Waals surface area contributed by atoms with Crippen molar-refractivity contribution in [1.82, 2.24) is 0 Å². The normalized spacial score (nSPS) is 16.8. The number of carbonyl (C=O) groups is 2. The van der Waals surface area contributed by atoms with E-state index in [1.165, 1.54) is 26.2 Å². The molecule has 0 bridgehead atoms. The highest BCUT2D eigenvalue weighted by Gasteiger charge is 2.34. The highest BCUT2D eigenvalue weighted by atomic mass is 19.1. The molecule has 1 heterocycles. The van der Waals surface area contributed by atoms with Crippen LogP contribution in [0.1, 0.15) is 29.8 Å². The number of para-hydroxylation sites is 1. The number of carbonyl (C=O) groups excluding carboxylic acids is 2. The van der Waals surface area contributed by atoms with Crippen LogP contribution in [0.25, 0.3) is 0 Å². The molecule has 26 heavy (non-hydrogen) atoms. The maximum atomic E-state index is 14.0. The van der Waals surface area contributed by atoms with E-state index < -0.39 is 17.9 Å². The van der Waals surface area contributed by atoms with Gasteiger partial charge in [-0.2, -0.15) is 0 Å². The van der Waals surface area contributed by atoms with E-state index in [1.807, 2.05) is 31.2 Å². The van der Waals surface area contributed by atoms with Gasteiger partial charge in [0, 0.05) is 17.8 Å². The Morgan fingerprint density at radius 2 is 1.96 bits per heavy atom. The van der Waals surface area contributed by atoms with Gasteiger partial charge in [0.1, 0.15) is 11.6 Å². The standard InChI is InChI=1S/C20H20FNO4/c1-12-10-14-6-4-5-7-18(14)22(12)19(23)13(2)26-20(24)16-9-8-15(25-3)11-17(16)21/h4-9,11-13H,10H2,1-3H3/t12-,13+/m0/s1. The summed E-state index contributed by atoms with van der Waals surface area (Å²) in [6.45, 7) is 3.44. The number of esters is 1. The number of ether oxygens (including phenoxy) is 2. The first-order valence-electron chi connectivity index (χ1n) is 8.38. The lowest BCUT2D eigenvalue weighted by molar-refractivity contribution is -0.126. The van der Waals surface area contributed by atoms with Gasteiger partial charge in [0.25, 0.3) is 5.91 Å². The third kappa shape index (κ3) is 3.27. The molecule has 1 aliphatic rings. The zero-order valence-corrected chi connectivity index (χ0v) is 14.9. The van der Waals surface area contributed by atoms with Crippen molar-refractivity contribution in [2.45, 2.75) is 32.4 Å². The van der Waals surface area contributed by atoms with Gasteiger partial charge in [-0.15, -0.1) is 0 Å². The molecule has 0 N–H and O–H groups in total. The van der Waals surface area contributed by atoms with Gasteiger partial charge in [0.05, 0.1) is 12.7 Å². The summed E-state index contributed by atoms with van der Waals surface area (Å²) in [5.41, 5.74) is 1.66. The number of rotatable bonds is 4. The molecule has 0 saturated heterocycles. The molecule has 0 fully saturated rings. The summed E-state index contributed by atoms with van der Waals surface area (Å²) in [6.07, 6.45) is -0.284. The highest BCUT2D eigenvalue weighted by Crippen LogP contribution is 2.32. The predicted octanol–water partition coefficient (Wildman–Crippen LogP) is 3.36. The second-order valence-electron chi connectivity index (χ2n) is 6.28. The topological polar surface area (TPSA) is 55.8 Å². The van der Waals surface area contributed by atoms with Gasteiger partial charge in [-0.25, -0.2) is 9.18 Å². The molecule has 1 amide bonds. The molecule has 1 aliphatic heterocycles. The van der Waals surface area contributed by atoms with Crippen molar-refractivity contribution < 1.29 is 23.5 Å². The smallest absolute Gasteiger partial charge is 0.341 e. The third-order valence-electron chi connectivity index (χ3n) is 4.47. The van der Waals surface area contributed by atoms with Gasteiger partial charge >= 0.3 is 5.97 Å². The first-order valence-corrected chi connectivity index (χ1v) is 8.38. The Bertz CT molecular complexity index is 851. The monoisotopic (exact) mass is 357 g/mol. The van der Waals surface area contributed by atoms with E-state index in [2.05, 4.69) is 0 Å². The Morgan fingerprint density at radius 1 is 1.23 bits per heavy atom. The van der Waals surface area contributed by atoms with E-state index in [0.29, 0.717) is 5.75 Å². The molecular weight excluding hydrogens is 337 g/mol. The summed E-state index contributed by atoms with van der Waals surface area (Å²) >= 11 is 0. The molecule has 3 rings (SSSR count). The lowest BCUT2D eigenvalue weighted by Crippen LogP contribution is -2.43. The summed E-state index contributed by atoms with van der Waals surface area (Å²) in [5, 5.41) is 0. The summed E-state index contributed by atoms with van der Waals surface area (Å²) < 4.78 is 24.1. The molecule has 2 aromatic carbocycles. The van der Waals surface area contributed by atoms with E-state index >= 15 is 0 Å². The van der Waals surface area contributed by atoms with Crippen molar-refractivity contribution in [1.29, 1.82) is 0 Å². The number of hydrogen-bond acceptors (Lipinski definition) is 4. The van der Waals surface area contributed by atoms with Crippen LogP contribution < -0.4 is 9.64 Å². The van der Waals surface area contributed by atoms with Crippen molar-refractivity contribution in [3.8, 4) is 5.75 Å². The Morgan fingerprint density at radius 3 is 2.65 bits per heavy atom. The fourth-order valence-electron chi connectivity index (χ4n) is 3.16. The van der Waals surface area contributed by atoms with Crippen molar-refractivity contribution >= 4 is 17.6 Å². The molecule has 0 aromatic heterocycles. The number of nitrogens with zero attached hydrogens (tertiary/aromatic N) is 1. The lowest BCUT2D eigenvalue weighted by Gasteiger charge is -2.26. The minimum Gasteiger partial charge on any atom is -0.497 e. The summed E-state index contributed by atoms with van der Waals surface area (Å²) in [7, 11) is 1.41. The molecule has 0 unspecified atom stereocenters. The largest absolute Gasteiger partial charge is 0.497 e. The first-order chi connectivity index (χ1) is 12.4. The van der Waals surface area contributed by atoms with Crippen molar-refractivity contribution in [3.63, 3.8) is 0 Å². The molecule has 0 saturated carbocycles. The molecule has 6 heteroatoms. The van der Waals surface area contributed by atoms with E-state index in [4.69, 9.17) is 9.47 Å². The van der Waals surface area contributed by atoms with Crippen LogP contribution in [0.15, 0.2) is 42.5 Å². The van der Waals surface area contributed by atoms with Gasteiger partial charge in [-0.3, -0.25) is 4.79 Å². The van der Waals surface area contributed by atoms with Crippen LogP contribution in [0.2, 0.25) is 0 Å². The van der Waals surface area contributed by atoms with Gasteiger partial charge in [0.2, 0.25) is 0 Å². The molecule has 5 nitrogen and oxygen atoms in total. The minimum absolute atomic E-state index is 0.0289. The predicted molar refractivity (Wildman–Crippen MR) is 94.9 cm³/mol. The Kier molecular flexibility index (Phi) is 4.93. The van der Waals surface area contributed by atoms with E-state index in [1.54, 1.807) is 4.90 Å². The van der Waals surface area contributed by atoms with Crippen LogP contribution in [0.5, 0.6) is 5.75 Å². The Labute approximate surface area is 151 Å². The maximum absolute atomic E-state index is 14.0. The molecule has 0 radical (unpaired) electrons. The van der Waals surface area contributed by atoms with Crippen LogP contribution in [0.3, 0.4) is 0 Å². The van der Waals surface area contributed by atoms with Gasteiger partial charge in [0.15, 0.2) is 6.10 Å². The van der Waals surface area contributed by atoms with Crippen molar-refractivity contribution in [3.05, 3.63) is 59.4 Å². The second kappa shape index (κ2) is 7.15. The van der Waals surface area contributed by atoms with Crippen LogP contribution in [-0.2, 0) is 16.0 Å². The molecule has 0 spiro atoms. The number of benzene rings is 2. The van der Waals surface area contributed by atoms with Gasteiger partial charge < -0.3 is 14.4 Å². The average molecular weight is 357 g/mol. The molecular formula is C20H20FNO4. The van der Waals surface area contributed by atoms with Crippen LogP contribution in [0, 0.1) is 5.82 Å². The van der Waals surface area contributed by atoms with Crippen LogP contribution >= 0.6 is 0 Å². The second-order valence-corrected chi connectivity index (χ2v) is 6.28.